The van der Waals surface area contributed by atoms with Crippen molar-refractivity contribution < 1.29 is 9.53 Å². The topological polar surface area (TPSA) is 80.5 Å². The molecule has 1 amide bonds. The maximum absolute atomic E-state index is 12.4. The molecule has 26 heavy (non-hydrogen) atoms. The lowest BCUT2D eigenvalue weighted by atomic mass is 9.82. The molecule has 2 heterocycles. The second kappa shape index (κ2) is 9.12. The summed E-state index contributed by atoms with van der Waals surface area (Å²) in [7, 11) is 0. The van der Waals surface area contributed by atoms with E-state index in [1.54, 1.807) is 11.7 Å². The first-order valence-corrected chi connectivity index (χ1v) is 9.86. The average molecular weight is 375 g/mol. The van der Waals surface area contributed by atoms with Crippen LogP contribution in [0.15, 0.2) is 42.0 Å². The Morgan fingerprint density at radius 3 is 2.73 bits per heavy atom. The summed E-state index contributed by atoms with van der Waals surface area (Å²) in [6.45, 7) is 3.68. The normalized spacial score (nSPS) is 17.0. The number of carbonyl (C=O) groups excluding carboxylic acids is 1. The summed E-state index contributed by atoms with van der Waals surface area (Å²) < 4.78 is 5.41. The number of nitrogens with one attached hydrogen (secondary N) is 1. The zero-order valence-corrected chi connectivity index (χ0v) is 15.7. The summed E-state index contributed by atoms with van der Waals surface area (Å²) in [4.78, 5) is 19.7. The van der Waals surface area contributed by atoms with Gasteiger partial charge in [0.1, 0.15) is 6.61 Å². The number of piperidine rings is 1. The van der Waals surface area contributed by atoms with Gasteiger partial charge in [0.15, 0.2) is 0 Å². The predicted molar refractivity (Wildman–Crippen MR) is 103 cm³/mol. The Hall–Kier alpha value is -1.96. The molecule has 1 aromatic heterocycles. The van der Waals surface area contributed by atoms with E-state index in [9.17, 15) is 4.79 Å². The van der Waals surface area contributed by atoms with Gasteiger partial charge in [-0.1, -0.05) is 30.3 Å². The minimum absolute atomic E-state index is 0.261. The van der Waals surface area contributed by atoms with E-state index in [1.807, 2.05) is 18.2 Å². The van der Waals surface area contributed by atoms with E-state index in [1.165, 1.54) is 16.9 Å². The van der Waals surface area contributed by atoms with Crippen molar-refractivity contribution in [2.45, 2.75) is 31.4 Å². The maximum atomic E-state index is 12.4. The van der Waals surface area contributed by atoms with Crippen LogP contribution >= 0.6 is 11.3 Å². The third-order valence-electron chi connectivity index (χ3n) is 4.84. The Morgan fingerprint density at radius 1 is 1.31 bits per heavy atom. The minimum Gasteiger partial charge on any atom is -0.444 e. The summed E-state index contributed by atoms with van der Waals surface area (Å²) in [5, 5.41) is 3.17. The average Bonchev–Trinajstić information content (AvgIpc) is 3.17. The van der Waals surface area contributed by atoms with Gasteiger partial charge in [-0.2, -0.15) is 0 Å². The van der Waals surface area contributed by atoms with Gasteiger partial charge in [-0.25, -0.2) is 4.79 Å². The molecule has 0 radical (unpaired) electrons. The number of hydrogen-bond donors (Lipinski definition) is 2. The van der Waals surface area contributed by atoms with Gasteiger partial charge >= 0.3 is 6.09 Å². The Balaban J connectivity index is 1.63. The SMILES string of the molecule is NCCN1CCC(Cc2ccccc2)(NC(=O)OCc2cncs2)CC1. The highest BCUT2D eigenvalue weighted by molar-refractivity contribution is 7.09. The number of hydrogen-bond acceptors (Lipinski definition) is 6. The Morgan fingerprint density at radius 2 is 2.08 bits per heavy atom. The highest BCUT2D eigenvalue weighted by Gasteiger charge is 2.36. The van der Waals surface area contributed by atoms with E-state index in [-0.39, 0.29) is 18.2 Å². The molecular weight excluding hydrogens is 348 g/mol. The zero-order valence-electron chi connectivity index (χ0n) is 14.9. The molecule has 3 N–H and O–H groups in total. The van der Waals surface area contributed by atoms with E-state index >= 15 is 0 Å². The molecule has 7 heteroatoms. The van der Waals surface area contributed by atoms with Gasteiger partial charge in [0.25, 0.3) is 0 Å². The molecule has 3 rings (SSSR count). The number of ether oxygens (including phenoxy) is 1. The molecule has 1 fully saturated rings. The number of amides is 1. The van der Waals surface area contributed by atoms with Crippen LogP contribution in [0.5, 0.6) is 0 Å². The number of nitrogens with zero attached hydrogens (tertiary/aromatic N) is 2. The monoisotopic (exact) mass is 374 g/mol. The second-order valence-electron chi connectivity index (χ2n) is 6.74. The van der Waals surface area contributed by atoms with Gasteiger partial charge in [-0.05, 0) is 24.8 Å². The fourth-order valence-corrected chi connectivity index (χ4v) is 3.93. The summed E-state index contributed by atoms with van der Waals surface area (Å²) in [6.07, 6.45) is 3.94. The Kier molecular flexibility index (Phi) is 6.60. The number of aromatic nitrogens is 1. The standard InChI is InChI=1S/C19H26N4O2S/c20-8-11-23-9-6-19(7-10-23,12-16-4-2-1-3-5-16)22-18(24)25-14-17-13-21-15-26-17/h1-5,13,15H,6-12,14,20H2,(H,22,24). The van der Waals surface area contributed by atoms with Gasteiger partial charge in [0, 0.05) is 37.9 Å². The first-order valence-electron chi connectivity index (χ1n) is 8.98. The number of alkyl carbamates (subject to hydrolysis) is 1. The number of likely N-dealkylation sites (tertiary alicyclic amines) is 1. The van der Waals surface area contributed by atoms with Crippen molar-refractivity contribution >= 4 is 17.4 Å². The largest absolute Gasteiger partial charge is 0.444 e. The molecule has 0 saturated carbocycles. The van der Waals surface area contributed by atoms with Crippen molar-refractivity contribution in [1.29, 1.82) is 0 Å². The van der Waals surface area contributed by atoms with Gasteiger partial charge in [-0.15, -0.1) is 11.3 Å². The number of rotatable bonds is 7. The quantitative estimate of drug-likeness (QED) is 0.778. The van der Waals surface area contributed by atoms with Crippen molar-refractivity contribution in [2.24, 2.45) is 5.73 Å². The predicted octanol–water partition coefficient (Wildman–Crippen LogP) is 2.41. The maximum Gasteiger partial charge on any atom is 0.407 e. The van der Waals surface area contributed by atoms with E-state index in [0.29, 0.717) is 6.54 Å². The molecule has 1 aliphatic rings. The lowest BCUT2D eigenvalue weighted by Gasteiger charge is -2.42. The summed E-state index contributed by atoms with van der Waals surface area (Å²) in [5.41, 5.74) is 8.36. The molecule has 1 aliphatic heterocycles. The number of carbonyl (C=O) groups is 1. The van der Waals surface area contributed by atoms with Gasteiger partial charge in [-0.3, -0.25) is 4.98 Å². The first kappa shape index (κ1) is 18.8. The van der Waals surface area contributed by atoms with Crippen LogP contribution in [0.25, 0.3) is 0 Å². The highest BCUT2D eigenvalue weighted by atomic mass is 32.1. The highest BCUT2D eigenvalue weighted by Crippen LogP contribution is 2.27. The van der Waals surface area contributed by atoms with Crippen LogP contribution in [-0.2, 0) is 17.8 Å². The third kappa shape index (κ3) is 5.27. The van der Waals surface area contributed by atoms with Crippen LogP contribution in [0, 0.1) is 0 Å². The van der Waals surface area contributed by atoms with Crippen LogP contribution in [0.3, 0.4) is 0 Å². The van der Waals surface area contributed by atoms with Gasteiger partial charge in [0.05, 0.1) is 10.4 Å². The molecule has 2 aromatic rings. The number of thiazole rings is 1. The van der Waals surface area contributed by atoms with Crippen molar-refractivity contribution in [2.75, 3.05) is 26.2 Å². The van der Waals surface area contributed by atoms with Crippen LogP contribution in [-0.4, -0.2) is 47.7 Å². The molecule has 6 nitrogen and oxygen atoms in total. The lowest BCUT2D eigenvalue weighted by Crippen LogP contribution is -2.57. The van der Waals surface area contributed by atoms with E-state index in [4.69, 9.17) is 10.5 Å². The van der Waals surface area contributed by atoms with Gasteiger partial charge in [0.2, 0.25) is 0 Å². The fourth-order valence-electron chi connectivity index (χ4n) is 3.42. The van der Waals surface area contributed by atoms with Crippen LogP contribution in [0.4, 0.5) is 4.79 Å². The summed E-state index contributed by atoms with van der Waals surface area (Å²) in [5.74, 6) is 0. The second-order valence-corrected chi connectivity index (χ2v) is 7.71. The minimum atomic E-state index is -0.360. The van der Waals surface area contributed by atoms with Crippen LogP contribution in [0.2, 0.25) is 0 Å². The van der Waals surface area contributed by atoms with Crippen molar-refractivity contribution in [3.63, 3.8) is 0 Å². The van der Waals surface area contributed by atoms with Crippen molar-refractivity contribution in [1.82, 2.24) is 15.2 Å². The molecule has 140 valence electrons. The molecule has 0 bridgehead atoms. The third-order valence-corrected chi connectivity index (χ3v) is 5.59. The molecule has 0 aliphatic carbocycles. The van der Waals surface area contributed by atoms with Crippen molar-refractivity contribution in [3.05, 3.63) is 52.5 Å². The Labute approximate surface area is 158 Å². The molecule has 1 saturated heterocycles. The first-order chi connectivity index (χ1) is 12.7. The molecule has 0 spiro atoms. The smallest absolute Gasteiger partial charge is 0.407 e. The number of benzene rings is 1. The summed E-state index contributed by atoms with van der Waals surface area (Å²) >= 11 is 1.48. The Bertz CT molecular complexity index is 670. The molecule has 1 aromatic carbocycles. The van der Waals surface area contributed by atoms with Crippen molar-refractivity contribution in [3.8, 4) is 0 Å². The molecule has 0 unspecified atom stereocenters. The zero-order chi connectivity index (χ0) is 18.2. The fraction of sp³-hybridized carbons (Fsp3) is 0.474. The van der Waals surface area contributed by atoms with Crippen LogP contribution in [0.1, 0.15) is 23.3 Å². The van der Waals surface area contributed by atoms with Crippen LogP contribution < -0.4 is 11.1 Å². The lowest BCUT2D eigenvalue weighted by molar-refractivity contribution is 0.0999. The number of nitrogens with two attached hydrogens (primary N) is 1. The molecule has 0 atom stereocenters. The molecular formula is C19H26N4O2S. The van der Waals surface area contributed by atoms with E-state index in [2.05, 4.69) is 27.3 Å². The van der Waals surface area contributed by atoms with E-state index < -0.39 is 0 Å². The van der Waals surface area contributed by atoms with Gasteiger partial charge < -0.3 is 20.7 Å². The summed E-state index contributed by atoms with van der Waals surface area (Å²) in [6, 6.07) is 10.3. The van der Waals surface area contributed by atoms with E-state index in [0.717, 1.165) is 43.8 Å².